The molecule has 9 heteroatoms. The van der Waals surface area contributed by atoms with Crippen molar-refractivity contribution in [2.24, 2.45) is 10.8 Å². The minimum atomic E-state index is -0.517. The van der Waals surface area contributed by atoms with E-state index in [1.165, 1.54) is 0 Å². The fourth-order valence-corrected chi connectivity index (χ4v) is 4.09. The van der Waals surface area contributed by atoms with E-state index >= 15 is 0 Å². The Morgan fingerprint density at radius 1 is 1.12 bits per heavy atom. The zero-order valence-corrected chi connectivity index (χ0v) is 19.1. The SMILES string of the molecule is NC1c2cc(C(=O)c3ccc(C=NN4CCOCC4)cc3)ccc2CCN1CC(=O)OCCO. The summed E-state index contributed by atoms with van der Waals surface area (Å²) >= 11 is 0. The van der Waals surface area contributed by atoms with Crippen molar-refractivity contribution in [2.45, 2.75) is 12.6 Å². The summed E-state index contributed by atoms with van der Waals surface area (Å²) in [4.78, 5) is 26.9. The van der Waals surface area contributed by atoms with Gasteiger partial charge in [0, 0.05) is 17.7 Å². The molecule has 2 aliphatic rings. The molecule has 0 aliphatic carbocycles. The van der Waals surface area contributed by atoms with Crippen LogP contribution in [0.15, 0.2) is 47.6 Å². The Balaban J connectivity index is 1.43. The number of aliphatic hydroxyl groups is 1. The maximum atomic E-state index is 13.1. The molecule has 34 heavy (non-hydrogen) atoms. The van der Waals surface area contributed by atoms with Crippen molar-refractivity contribution in [3.63, 3.8) is 0 Å². The fraction of sp³-hybridized carbons (Fsp3) is 0.400. The summed E-state index contributed by atoms with van der Waals surface area (Å²) in [6.45, 7) is 3.31. The third-order valence-corrected chi connectivity index (χ3v) is 6.01. The molecule has 3 N–H and O–H groups in total. The minimum absolute atomic E-state index is 0.0327. The van der Waals surface area contributed by atoms with Crippen molar-refractivity contribution in [3.05, 3.63) is 70.3 Å². The van der Waals surface area contributed by atoms with Gasteiger partial charge in [-0.25, -0.2) is 0 Å². The first kappa shape index (κ1) is 24.0. The van der Waals surface area contributed by atoms with Crippen LogP contribution in [0.1, 0.15) is 38.8 Å². The highest BCUT2D eigenvalue weighted by atomic mass is 16.5. The van der Waals surface area contributed by atoms with Crippen molar-refractivity contribution in [2.75, 3.05) is 52.6 Å². The lowest BCUT2D eigenvalue weighted by Crippen LogP contribution is -2.43. The van der Waals surface area contributed by atoms with Gasteiger partial charge in [0.15, 0.2) is 5.78 Å². The Morgan fingerprint density at radius 3 is 2.59 bits per heavy atom. The van der Waals surface area contributed by atoms with Crippen LogP contribution in [0, 0.1) is 0 Å². The average molecular weight is 467 g/mol. The number of carbonyl (C=O) groups is 2. The number of benzene rings is 2. The number of ether oxygens (including phenoxy) is 2. The van der Waals surface area contributed by atoms with Crippen LogP contribution < -0.4 is 5.73 Å². The molecule has 0 aromatic heterocycles. The smallest absolute Gasteiger partial charge is 0.320 e. The summed E-state index contributed by atoms with van der Waals surface area (Å²) < 4.78 is 10.3. The number of ketones is 1. The van der Waals surface area contributed by atoms with E-state index in [1.807, 2.05) is 40.2 Å². The summed E-state index contributed by atoms with van der Waals surface area (Å²) in [7, 11) is 0. The number of rotatable bonds is 8. The predicted octanol–water partition coefficient (Wildman–Crippen LogP) is 0.935. The van der Waals surface area contributed by atoms with Gasteiger partial charge in [-0.05, 0) is 29.2 Å². The number of morpholine rings is 1. The molecular formula is C25H30N4O5. The molecule has 9 nitrogen and oxygen atoms in total. The van der Waals surface area contributed by atoms with Crippen molar-refractivity contribution in [1.29, 1.82) is 0 Å². The number of nitrogens with zero attached hydrogens (tertiary/aromatic N) is 3. The Hall–Kier alpha value is -3.11. The molecule has 2 aliphatic heterocycles. The number of hydrazone groups is 1. The predicted molar refractivity (Wildman–Crippen MR) is 127 cm³/mol. The number of nitrogens with two attached hydrogens (primary N) is 1. The fourth-order valence-electron chi connectivity index (χ4n) is 4.09. The average Bonchev–Trinajstić information content (AvgIpc) is 2.88. The minimum Gasteiger partial charge on any atom is -0.462 e. The summed E-state index contributed by atoms with van der Waals surface area (Å²) in [6.07, 6.45) is 2.00. The maximum absolute atomic E-state index is 13.1. The maximum Gasteiger partial charge on any atom is 0.320 e. The van der Waals surface area contributed by atoms with E-state index in [-0.39, 0.29) is 25.5 Å². The standard InChI is InChI=1S/C25H30N4O5/c26-25-22-15-21(6-5-19(22)7-8-28(25)17-23(31)34-14-11-30)24(32)20-3-1-18(2-4-20)16-27-29-9-12-33-13-10-29/h1-6,15-16,25,30H,7-14,17,26H2. The van der Waals surface area contributed by atoms with Gasteiger partial charge in [-0.15, -0.1) is 0 Å². The molecule has 0 radical (unpaired) electrons. The highest BCUT2D eigenvalue weighted by Crippen LogP contribution is 2.27. The van der Waals surface area contributed by atoms with Crippen LogP contribution in [0.5, 0.6) is 0 Å². The second kappa shape index (κ2) is 11.3. The van der Waals surface area contributed by atoms with Crippen molar-refractivity contribution in [1.82, 2.24) is 9.91 Å². The molecular weight excluding hydrogens is 436 g/mol. The van der Waals surface area contributed by atoms with E-state index in [4.69, 9.17) is 20.3 Å². The van der Waals surface area contributed by atoms with E-state index in [1.54, 1.807) is 18.3 Å². The van der Waals surface area contributed by atoms with Gasteiger partial charge in [0.05, 0.1) is 51.8 Å². The molecule has 4 rings (SSSR count). The molecule has 0 amide bonds. The molecule has 1 unspecified atom stereocenters. The lowest BCUT2D eigenvalue weighted by atomic mass is 9.92. The van der Waals surface area contributed by atoms with Crippen LogP contribution in [-0.4, -0.2) is 85.6 Å². The summed E-state index contributed by atoms with van der Waals surface area (Å²) in [6, 6.07) is 12.9. The van der Waals surface area contributed by atoms with Gasteiger partial charge in [0.2, 0.25) is 0 Å². The summed E-state index contributed by atoms with van der Waals surface area (Å²) in [5.74, 6) is -0.524. The van der Waals surface area contributed by atoms with E-state index in [0.29, 0.717) is 30.9 Å². The topological polar surface area (TPSA) is 118 Å². The highest BCUT2D eigenvalue weighted by Gasteiger charge is 2.27. The number of fused-ring (bicyclic) bond motifs is 1. The first-order valence-electron chi connectivity index (χ1n) is 11.5. The number of carbonyl (C=O) groups excluding carboxylic acids is 2. The van der Waals surface area contributed by atoms with Crippen LogP contribution in [0.2, 0.25) is 0 Å². The molecule has 1 saturated heterocycles. The van der Waals surface area contributed by atoms with Gasteiger partial charge < -0.3 is 20.3 Å². The van der Waals surface area contributed by atoms with E-state index < -0.39 is 12.1 Å². The number of aliphatic hydroxyl groups excluding tert-OH is 1. The zero-order chi connectivity index (χ0) is 23.9. The van der Waals surface area contributed by atoms with E-state index in [0.717, 1.165) is 36.2 Å². The molecule has 0 saturated carbocycles. The largest absolute Gasteiger partial charge is 0.462 e. The first-order valence-corrected chi connectivity index (χ1v) is 11.5. The Kier molecular flexibility index (Phi) is 8.02. The monoisotopic (exact) mass is 466 g/mol. The second-order valence-corrected chi connectivity index (χ2v) is 8.28. The number of hydrogen-bond acceptors (Lipinski definition) is 9. The highest BCUT2D eigenvalue weighted by molar-refractivity contribution is 6.09. The van der Waals surface area contributed by atoms with Gasteiger partial charge in [0.1, 0.15) is 6.61 Å². The second-order valence-electron chi connectivity index (χ2n) is 8.28. The van der Waals surface area contributed by atoms with Crippen molar-refractivity contribution < 1.29 is 24.2 Å². The van der Waals surface area contributed by atoms with Gasteiger partial charge in [-0.3, -0.25) is 19.5 Å². The Labute approximate surface area is 198 Å². The molecule has 0 spiro atoms. The molecule has 2 heterocycles. The van der Waals surface area contributed by atoms with Crippen molar-refractivity contribution in [3.8, 4) is 0 Å². The molecule has 1 atom stereocenters. The third-order valence-electron chi connectivity index (χ3n) is 6.01. The molecule has 2 aromatic carbocycles. The van der Waals surface area contributed by atoms with Crippen LogP contribution >= 0.6 is 0 Å². The lowest BCUT2D eigenvalue weighted by Gasteiger charge is -2.34. The van der Waals surface area contributed by atoms with Crippen LogP contribution in [0.3, 0.4) is 0 Å². The quantitative estimate of drug-likeness (QED) is 0.335. The third kappa shape index (κ3) is 5.87. The molecule has 2 aromatic rings. The lowest BCUT2D eigenvalue weighted by molar-refractivity contribution is -0.146. The zero-order valence-electron chi connectivity index (χ0n) is 19.1. The van der Waals surface area contributed by atoms with E-state index in [2.05, 4.69) is 5.10 Å². The molecule has 0 bridgehead atoms. The number of esters is 1. The van der Waals surface area contributed by atoms with Gasteiger partial charge in [-0.1, -0.05) is 36.4 Å². The summed E-state index contributed by atoms with van der Waals surface area (Å²) in [5, 5.41) is 15.2. The van der Waals surface area contributed by atoms with E-state index in [9.17, 15) is 9.59 Å². The first-order chi connectivity index (χ1) is 16.5. The van der Waals surface area contributed by atoms with Crippen LogP contribution in [0.25, 0.3) is 0 Å². The molecule has 180 valence electrons. The van der Waals surface area contributed by atoms with Gasteiger partial charge >= 0.3 is 5.97 Å². The van der Waals surface area contributed by atoms with Crippen LogP contribution in [0.4, 0.5) is 0 Å². The Bertz CT molecular complexity index is 1030. The van der Waals surface area contributed by atoms with Crippen molar-refractivity contribution >= 4 is 18.0 Å². The Morgan fingerprint density at radius 2 is 1.85 bits per heavy atom. The number of hydrogen-bond donors (Lipinski definition) is 2. The van der Waals surface area contributed by atoms with Crippen LogP contribution in [-0.2, 0) is 20.7 Å². The van der Waals surface area contributed by atoms with Gasteiger partial charge in [-0.2, -0.15) is 5.10 Å². The van der Waals surface area contributed by atoms with Gasteiger partial charge in [0.25, 0.3) is 0 Å². The molecule has 1 fully saturated rings. The summed E-state index contributed by atoms with van der Waals surface area (Å²) in [5.41, 5.74) is 10.4. The normalized spacial score (nSPS) is 18.6.